The summed E-state index contributed by atoms with van der Waals surface area (Å²) in [5, 5.41) is 3.26. The number of hydrogen-bond donors (Lipinski definition) is 2. The molecule has 0 aromatic heterocycles. The first kappa shape index (κ1) is 10.7. The molecule has 3 heteroatoms. The number of hydrogen-bond acceptors (Lipinski definition) is 3. The molecule has 1 rings (SSSR count). The second kappa shape index (κ2) is 5.37. The fraction of sp³-hybridized carbons (Fsp3) is 0.455. The first-order chi connectivity index (χ1) is 6.79. The van der Waals surface area contributed by atoms with E-state index in [4.69, 9.17) is 10.5 Å². The third-order valence-electron chi connectivity index (χ3n) is 1.93. The molecular formula is C11H18N2O. The largest absolute Gasteiger partial charge is 0.492 e. The standard InChI is InChI=1S/C11H18N2O/c1-3-8-13-9-6-5-7-10(11(9)12)14-4-2/h5-7,13H,3-4,8,12H2,1-2H3. The highest BCUT2D eigenvalue weighted by Crippen LogP contribution is 2.29. The summed E-state index contributed by atoms with van der Waals surface area (Å²) in [4.78, 5) is 0. The molecule has 0 saturated carbocycles. The van der Waals surface area contributed by atoms with Gasteiger partial charge < -0.3 is 15.8 Å². The summed E-state index contributed by atoms with van der Waals surface area (Å²) in [5.74, 6) is 0.758. The van der Waals surface area contributed by atoms with E-state index in [1.807, 2.05) is 25.1 Å². The molecule has 1 aromatic rings. The molecule has 0 unspecified atom stereocenters. The highest BCUT2D eigenvalue weighted by atomic mass is 16.5. The predicted molar refractivity (Wildman–Crippen MR) is 60.8 cm³/mol. The fourth-order valence-corrected chi connectivity index (χ4v) is 1.24. The highest BCUT2D eigenvalue weighted by molar-refractivity contribution is 5.72. The molecule has 0 spiro atoms. The Hall–Kier alpha value is -1.38. The van der Waals surface area contributed by atoms with E-state index >= 15 is 0 Å². The maximum atomic E-state index is 5.92. The summed E-state index contributed by atoms with van der Waals surface area (Å²) in [6.45, 7) is 5.64. The van der Waals surface area contributed by atoms with Crippen molar-refractivity contribution >= 4 is 11.4 Å². The van der Waals surface area contributed by atoms with Gasteiger partial charge in [0.2, 0.25) is 0 Å². The van der Waals surface area contributed by atoms with E-state index in [0.717, 1.165) is 24.4 Å². The summed E-state index contributed by atoms with van der Waals surface area (Å²) in [6.07, 6.45) is 1.08. The number of ether oxygens (including phenoxy) is 1. The third-order valence-corrected chi connectivity index (χ3v) is 1.93. The van der Waals surface area contributed by atoms with Gasteiger partial charge in [-0.05, 0) is 25.5 Å². The summed E-state index contributed by atoms with van der Waals surface area (Å²) in [7, 11) is 0. The molecule has 1 aromatic carbocycles. The van der Waals surface area contributed by atoms with Crippen LogP contribution in [0.4, 0.5) is 11.4 Å². The number of nitrogen functional groups attached to an aromatic ring is 1. The molecule has 0 bridgehead atoms. The minimum absolute atomic E-state index is 0.640. The van der Waals surface area contributed by atoms with Crippen molar-refractivity contribution in [3.05, 3.63) is 18.2 Å². The van der Waals surface area contributed by atoms with Crippen LogP contribution >= 0.6 is 0 Å². The Kier molecular flexibility index (Phi) is 4.11. The van der Waals surface area contributed by atoms with Crippen LogP contribution in [0.1, 0.15) is 20.3 Å². The third kappa shape index (κ3) is 2.55. The molecule has 0 saturated heterocycles. The van der Waals surface area contributed by atoms with E-state index in [1.54, 1.807) is 0 Å². The van der Waals surface area contributed by atoms with E-state index in [2.05, 4.69) is 12.2 Å². The topological polar surface area (TPSA) is 47.3 Å². The van der Waals surface area contributed by atoms with Gasteiger partial charge in [-0.2, -0.15) is 0 Å². The Labute approximate surface area is 85.3 Å². The van der Waals surface area contributed by atoms with Gasteiger partial charge in [0.15, 0.2) is 0 Å². The van der Waals surface area contributed by atoms with Crippen LogP contribution in [0.3, 0.4) is 0 Å². The maximum absolute atomic E-state index is 5.92. The summed E-state index contributed by atoms with van der Waals surface area (Å²) in [5.41, 5.74) is 7.58. The lowest BCUT2D eigenvalue weighted by Crippen LogP contribution is -2.04. The van der Waals surface area contributed by atoms with Gasteiger partial charge in [-0.25, -0.2) is 0 Å². The molecule has 0 amide bonds. The number of rotatable bonds is 5. The maximum Gasteiger partial charge on any atom is 0.144 e. The second-order valence-corrected chi connectivity index (χ2v) is 3.08. The van der Waals surface area contributed by atoms with E-state index in [1.165, 1.54) is 0 Å². The Morgan fingerprint density at radius 1 is 1.36 bits per heavy atom. The van der Waals surface area contributed by atoms with Crippen LogP contribution in [-0.2, 0) is 0 Å². The summed E-state index contributed by atoms with van der Waals surface area (Å²) in [6, 6.07) is 5.79. The van der Waals surface area contributed by atoms with Crippen molar-refractivity contribution in [1.82, 2.24) is 0 Å². The second-order valence-electron chi connectivity index (χ2n) is 3.08. The van der Waals surface area contributed by atoms with Crippen molar-refractivity contribution in [1.29, 1.82) is 0 Å². The van der Waals surface area contributed by atoms with E-state index in [-0.39, 0.29) is 0 Å². The average molecular weight is 194 g/mol. The Balaban J connectivity index is 2.78. The Morgan fingerprint density at radius 2 is 2.14 bits per heavy atom. The van der Waals surface area contributed by atoms with Crippen molar-refractivity contribution in [2.24, 2.45) is 0 Å². The van der Waals surface area contributed by atoms with Crippen LogP contribution in [0.5, 0.6) is 5.75 Å². The Morgan fingerprint density at radius 3 is 2.79 bits per heavy atom. The highest BCUT2D eigenvalue weighted by Gasteiger charge is 2.03. The molecule has 0 radical (unpaired) electrons. The monoisotopic (exact) mass is 194 g/mol. The normalized spacial score (nSPS) is 9.86. The van der Waals surface area contributed by atoms with Crippen LogP contribution in [0, 0.1) is 0 Å². The van der Waals surface area contributed by atoms with Gasteiger partial charge in [-0.15, -0.1) is 0 Å². The van der Waals surface area contributed by atoms with Crippen molar-refractivity contribution in [3.63, 3.8) is 0 Å². The molecule has 78 valence electrons. The van der Waals surface area contributed by atoms with Crippen molar-refractivity contribution < 1.29 is 4.74 Å². The minimum atomic E-state index is 0.640. The van der Waals surface area contributed by atoms with Gasteiger partial charge in [-0.1, -0.05) is 13.0 Å². The number of benzene rings is 1. The molecule has 0 heterocycles. The van der Waals surface area contributed by atoms with Gasteiger partial charge in [0.05, 0.1) is 18.0 Å². The van der Waals surface area contributed by atoms with E-state index in [0.29, 0.717) is 12.3 Å². The van der Waals surface area contributed by atoms with Gasteiger partial charge in [0.25, 0.3) is 0 Å². The van der Waals surface area contributed by atoms with Crippen molar-refractivity contribution in [2.45, 2.75) is 20.3 Å². The van der Waals surface area contributed by atoms with Crippen LogP contribution in [0.25, 0.3) is 0 Å². The summed E-state index contributed by atoms with van der Waals surface area (Å²) >= 11 is 0. The lowest BCUT2D eigenvalue weighted by molar-refractivity contribution is 0.342. The van der Waals surface area contributed by atoms with Gasteiger partial charge in [-0.3, -0.25) is 0 Å². The molecule has 14 heavy (non-hydrogen) atoms. The van der Waals surface area contributed by atoms with Gasteiger partial charge >= 0.3 is 0 Å². The SMILES string of the molecule is CCCNc1cccc(OCC)c1N. The van der Waals surface area contributed by atoms with Crippen LogP contribution < -0.4 is 15.8 Å². The first-order valence-electron chi connectivity index (χ1n) is 5.04. The predicted octanol–water partition coefficient (Wildman–Crippen LogP) is 2.49. The zero-order valence-corrected chi connectivity index (χ0v) is 8.84. The molecule has 0 aliphatic rings. The number of para-hydroxylation sites is 1. The first-order valence-corrected chi connectivity index (χ1v) is 5.04. The summed E-state index contributed by atoms with van der Waals surface area (Å²) < 4.78 is 5.39. The number of nitrogens with one attached hydrogen (secondary N) is 1. The zero-order valence-electron chi connectivity index (χ0n) is 8.84. The Bertz CT molecular complexity index is 287. The molecular weight excluding hydrogens is 176 g/mol. The minimum Gasteiger partial charge on any atom is -0.492 e. The molecule has 0 aliphatic heterocycles. The molecule has 3 nitrogen and oxygen atoms in total. The van der Waals surface area contributed by atoms with Crippen molar-refractivity contribution in [2.75, 3.05) is 24.2 Å². The quantitative estimate of drug-likeness (QED) is 0.708. The van der Waals surface area contributed by atoms with Gasteiger partial charge in [0.1, 0.15) is 5.75 Å². The zero-order chi connectivity index (χ0) is 10.4. The lowest BCUT2D eigenvalue weighted by Gasteiger charge is -2.12. The van der Waals surface area contributed by atoms with Gasteiger partial charge in [0, 0.05) is 6.54 Å². The fourth-order valence-electron chi connectivity index (χ4n) is 1.24. The number of anilines is 2. The lowest BCUT2D eigenvalue weighted by atomic mass is 10.2. The van der Waals surface area contributed by atoms with Crippen LogP contribution in [-0.4, -0.2) is 13.2 Å². The van der Waals surface area contributed by atoms with Crippen LogP contribution in [0.2, 0.25) is 0 Å². The molecule has 0 fully saturated rings. The molecule has 0 atom stereocenters. The molecule has 0 aliphatic carbocycles. The van der Waals surface area contributed by atoms with E-state index in [9.17, 15) is 0 Å². The van der Waals surface area contributed by atoms with Crippen molar-refractivity contribution in [3.8, 4) is 5.75 Å². The van der Waals surface area contributed by atoms with Crippen LogP contribution in [0.15, 0.2) is 18.2 Å². The number of nitrogens with two attached hydrogens (primary N) is 1. The average Bonchev–Trinajstić information content (AvgIpc) is 2.20. The van der Waals surface area contributed by atoms with E-state index < -0.39 is 0 Å². The molecule has 3 N–H and O–H groups in total. The smallest absolute Gasteiger partial charge is 0.144 e.